The molecule has 2 heterocycles. The first-order valence-electron chi connectivity index (χ1n) is 10.3. The average molecular weight is 397 g/mol. The Morgan fingerprint density at radius 3 is 2.27 bits per heavy atom. The second kappa shape index (κ2) is 7.75. The molecular weight excluding hydrogens is 374 g/mol. The van der Waals surface area contributed by atoms with Crippen LogP contribution in [0.2, 0.25) is 0 Å². The first kappa shape index (κ1) is 18.6. The van der Waals surface area contributed by atoms with Crippen molar-refractivity contribution in [3.05, 3.63) is 95.4 Å². The van der Waals surface area contributed by atoms with Crippen LogP contribution in [0.25, 0.3) is 11.6 Å². The summed E-state index contributed by atoms with van der Waals surface area (Å²) >= 11 is 0. The Morgan fingerprint density at radius 1 is 0.900 bits per heavy atom. The highest BCUT2D eigenvalue weighted by Crippen LogP contribution is 2.49. The van der Waals surface area contributed by atoms with E-state index in [9.17, 15) is 0 Å². The first-order chi connectivity index (χ1) is 14.7. The molecule has 0 bridgehead atoms. The minimum Gasteiger partial charge on any atom is -0.487 e. The molecule has 0 N–H and O–H groups in total. The van der Waals surface area contributed by atoms with E-state index in [0.717, 1.165) is 11.4 Å². The molecule has 1 fully saturated rings. The fraction of sp³-hybridized carbons (Fsp3) is 0.240. The number of benzene rings is 2. The quantitative estimate of drug-likeness (QED) is 0.431. The number of hydrogen-bond acceptors (Lipinski definition) is 5. The van der Waals surface area contributed by atoms with Crippen molar-refractivity contribution in [3.8, 4) is 17.3 Å². The molecule has 2 aromatic heterocycles. The highest BCUT2D eigenvalue weighted by Gasteiger charge is 2.40. The molecule has 0 unspecified atom stereocenters. The van der Waals surface area contributed by atoms with Crippen molar-refractivity contribution in [1.82, 2.24) is 15.1 Å². The summed E-state index contributed by atoms with van der Waals surface area (Å²) in [6.07, 6.45) is 6.94. The maximum atomic E-state index is 5.97. The van der Waals surface area contributed by atoms with E-state index in [-0.39, 0.29) is 5.41 Å². The van der Waals surface area contributed by atoms with Crippen LogP contribution in [0.3, 0.4) is 0 Å². The third-order valence-corrected chi connectivity index (χ3v) is 5.98. The number of aryl methyl sites for hydroxylation is 1. The van der Waals surface area contributed by atoms with E-state index in [1.54, 1.807) is 18.5 Å². The zero-order valence-corrected chi connectivity index (χ0v) is 16.9. The number of hydrogen-bond donors (Lipinski definition) is 0. The maximum Gasteiger partial charge on any atom is 0.204 e. The lowest BCUT2D eigenvalue weighted by Gasteiger charge is -2.43. The molecule has 0 aliphatic heterocycles. The molecule has 0 atom stereocenters. The molecule has 5 nitrogen and oxygen atoms in total. The van der Waals surface area contributed by atoms with E-state index >= 15 is 0 Å². The predicted octanol–water partition coefficient (Wildman–Crippen LogP) is 5.49. The molecule has 1 aliphatic carbocycles. The van der Waals surface area contributed by atoms with Crippen LogP contribution in [0, 0.1) is 6.92 Å². The zero-order chi connectivity index (χ0) is 20.4. The predicted molar refractivity (Wildman–Crippen MR) is 114 cm³/mol. The fourth-order valence-electron chi connectivity index (χ4n) is 4.10. The summed E-state index contributed by atoms with van der Waals surface area (Å²) in [6.45, 7) is 2.50. The van der Waals surface area contributed by atoms with Crippen LogP contribution in [0.5, 0.6) is 5.75 Å². The monoisotopic (exact) mass is 397 g/mol. The van der Waals surface area contributed by atoms with Gasteiger partial charge in [0.1, 0.15) is 12.4 Å². The number of rotatable bonds is 6. The van der Waals surface area contributed by atoms with Gasteiger partial charge in [0.25, 0.3) is 0 Å². The molecule has 0 saturated heterocycles. The summed E-state index contributed by atoms with van der Waals surface area (Å²) in [4.78, 5) is 8.71. The summed E-state index contributed by atoms with van der Waals surface area (Å²) in [5.41, 5.74) is 5.00. The van der Waals surface area contributed by atoms with E-state index in [1.807, 2.05) is 6.07 Å². The van der Waals surface area contributed by atoms with Crippen LogP contribution in [-0.2, 0) is 12.0 Å². The summed E-state index contributed by atoms with van der Waals surface area (Å²) in [7, 11) is 0. The molecule has 0 radical (unpaired) electrons. The Labute approximate surface area is 175 Å². The lowest BCUT2D eigenvalue weighted by atomic mass is 9.60. The van der Waals surface area contributed by atoms with Crippen LogP contribution in [0.4, 0.5) is 0 Å². The molecule has 0 amide bonds. The van der Waals surface area contributed by atoms with Gasteiger partial charge in [0, 0.05) is 17.7 Å². The number of ether oxygens (including phenoxy) is 1. The molecule has 150 valence electrons. The van der Waals surface area contributed by atoms with Gasteiger partial charge in [-0.25, -0.2) is 9.97 Å². The van der Waals surface area contributed by atoms with Crippen molar-refractivity contribution in [2.75, 3.05) is 0 Å². The van der Waals surface area contributed by atoms with E-state index in [1.165, 1.54) is 36.0 Å². The smallest absolute Gasteiger partial charge is 0.204 e. The second-order valence-corrected chi connectivity index (χ2v) is 7.86. The molecule has 2 aromatic carbocycles. The molecular formula is C25H23N3O2. The highest BCUT2D eigenvalue weighted by molar-refractivity contribution is 5.45. The lowest BCUT2D eigenvalue weighted by Crippen LogP contribution is -2.35. The van der Waals surface area contributed by atoms with Crippen molar-refractivity contribution in [1.29, 1.82) is 0 Å². The lowest BCUT2D eigenvalue weighted by molar-refractivity contribution is 0.294. The van der Waals surface area contributed by atoms with Gasteiger partial charge < -0.3 is 9.26 Å². The van der Waals surface area contributed by atoms with Gasteiger partial charge in [-0.1, -0.05) is 53.5 Å². The molecule has 1 aliphatic rings. The van der Waals surface area contributed by atoms with Gasteiger partial charge in [0.2, 0.25) is 5.76 Å². The Balaban J connectivity index is 1.30. The van der Waals surface area contributed by atoms with Gasteiger partial charge in [-0.15, -0.1) is 0 Å². The van der Waals surface area contributed by atoms with Gasteiger partial charge in [0.15, 0.2) is 5.82 Å². The van der Waals surface area contributed by atoms with Gasteiger partial charge in [0.05, 0.1) is 11.9 Å². The van der Waals surface area contributed by atoms with Crippen molar-refractivity contribution in [2.24, 2.45) is 0 Å². The molecule has 30 heavy (non-hydrogen) atoms. The number of nitrogens with zero attached hydrogens (tertiary/aromatic N) is 3. The maximum absolute atomic E-state index is 5.97. The summed E-state index contributed by atoms with van der Waals surface area (Å²) < 4.78 is 11.1. The Hall–Kier alpha value is -3.47. The Bertz CT molecular complexity index is 1120. The molecule has 4 aromatic rings. The average Bonchev–Trinajstić information content (AvgIpc) is 3.29. The van der Waals surface area contributed by atoms with E-state index in [4.69, 9.17) is 9.26 Å². The third kappa shape index (κ3) is 3.47. The van der Waals surface area contributed by atoms with Crippen molar-refractivity contribution < 1.29 is 9.26 Å². The SMILES string of the molecule is Cc1ccc(C2(c3ccc(OCc4ccnc(-c5ccno5)n4)cc3)CCC2)cc1. The fourth-order valence-corrected chi connectivity index (χ4v) is 4.10. The van der Waals surface area contributed by atoms with Gasteiger partial charge in [-0.3, -0.25) is 0 Å². The summed E-state index contributed by atoms with van der Waals surface area (Å²) in [5.74, 6) is 1.88. The summed E-state index contributed by atoms with van der Waals surface area (Å²) in [5, 5.41) is 3.70. The molecule has 5 heteroatoms. The third-order valence-electron chi connectivity index (χ3n) is 5.98. The second-order valence-electron chi connectivity index (χ2n) is 7.86. The summed E-state index contributed by atoms with van der Waals surface area (Å²) in [6, 6.07) is 21.1. The van der Waals surface area contributed by atoms with Gasteiger partial charge in [-0.2, -0.15) is 0 Å². The van der Waals surface area contributed by atoms with Crippen molar-refractivity contribution in [2.45, 2.75) is 38.2 Å². The molecule has 1 saturated carbocycles. The normalized spacial score (nSPS) is 14.8. The van der Waals surface area contributed by atoms with E-state index < -0.39 is 0 Å². The topological polar surface area (TPSA) is 61.0 Å². The largest absolute Gasteiger partial charge is 0.487 e. The number of aromatic nitrogens is 3. The van der Waals surface area contributed by atoms with E-state index in [0.29, 0.717) is 18.2 Å². The Morgan fingerprint density at radius 2 is 1.63 bits per heavy atom. The highest BCUT2D eigenvalue weighted by atomic mass is 16.5. The minimum atomic E-state index is 0.144. The van der Waals surface area contributed by atoms with Gasteiger partial charge in [-0.05, 0) is 49.1 Å². The van der Waals surface area contributed by atoms with E-state index in [2.05, 4.69) is 70.6 Å². The standard InChI is InChI=1S/C25H23N3O2/c1-18-3-5-19(6-4-18)25(13-2-14-25)20-7-9-22(10-8-20)29-17-21-11-15-26-24(28-21)23-12-16-27-30-23/h3-12,15-16H,2,13-14,17H2,1H3. The first-order valence-corrected chi connectivity index (χ1v) is 10.3. The molecule has 5 rings (SSSR count). The van der Waals surface area contributed by atoms with Crippen LogP contribution in [0.1, 0.15) is 41.6 Å². The van der Waals surface area contributed by atoms with Gasteiger partial charge >= 0.3 is 0 Å². The van der Waals surface area contributed by atoms with Crippen LogP contribution in [-0.4, -0.2) is 15.1 Å². The zero-order valence-electron chi connectivity index (χ0n) is 16.9. The van der Waals surface area contributed by atoms with Crippen molar-refractivity contribution in [3.63, 3.8) is 0 Å². The van der Waals surface area contributed by atoms with Crippen LogP contribution >= 0.6 is 0 Å². The van der Waals surface area contributed by atoms with Crippen molar-refractivity contribution >= 4 is 0 Å². The van der Waals surface area contributed by atoms with Crippen LogP contribution < -0.4 is 4.74 Å². The van der Waals surface area contributed by atoms with Crippen LogP contribution in [0.15, 0.2) is 77.6 Å². The minimum absolute atomic E-state index is 0.144. The Kier molecular flexibility index (Phi) is 4.79. The molecule has 0 spiro atoms.